The Kier molecular flexibility index (Phi) is 5.57. The summed E-state index contributed by atoms with van der Waals surface area (Å²) in [5.41, 5.74) is 0.696. The van der Waals surface area contributed by atoms with Crippen LogP contribution in [0.4, 0.5) is 0 Å². The summed E-state index contributed by atoms with van der Waals surface area (Å²) >= 11 is 0. The maximum atomic E-state index is 12.5. The molecule has 1 aliphatic carbocycles. The quantitative estimate of drug-likeness (QED) is 0.728. The molecule has 1 saturated carbocycles. The van der Waals surface area contributed by atoms with Gasteiger partial charge in [-0.1, -0.05) is 26.2 Å². The molecule has 1 aromatic heterocycles. The number of rotatable bonds is 6. The largest absolute Gasteiger partial charge is 0.495 e. The minimum absolute atomic E-state index is 0.182. The topological polar surface area (TPSA) is 39.2 Å². The number of ether oxygens (including phenoxy) is 1. The van der Waals surface area contributed by atoms with E-state index in [0.29, 0.717) is 11.3 Å². The van der Waals surface area contributed by atoms with Gasteiger partial charge in [0.2, 0.25) is 0 Å². The lowest BCUT2D eigenvalue weighted by atomic mass is 9.77. The lowest BCUT2D eigenvalue weighted by molar-refractivity contribution is 0.0868. The highest BCUT2D eigenvalue weighted by atomic mass is 16.5. The number of methoxy groups -OCH3 is 1. The third-order valence-corrected chi connectivity index (χ3v) is 4.42. The zero-order chi connectivity index (χ0) is 14.4. The van der Waals surface area contributed by atoms with E-state index in [1.165, 1.54) is 32.1 Å². The lowest BCUT2D eigenvalue weighted by Gasteiger charge is -2.27. The number of carbonyl (C=O) groups excluding carboxylic acids is 1. The van der Waals surface area contributed by atoms with Crippen molar-refractivity contribution in [3.8, 4) is 5.75 Å². The maximum absolute atomic E-state index is 12.5. The van der Waals surface area contributed by atoms with Crippen molar-refractivity contribution < 1.29 is 9.53 Å². The Balaban J connectivity index is 1.91. The molecule has 0 atom stereocenters. The van der Waals surface area contributed by atoms with Crippen molar-refractivity contribution >= 4 is 5.78 Å². The molecule has 0 N–H and O–H groups in total. The summed E-state index contributed by atoms with van der Waals surface area (Å²) in [5, 5.41) is 0. The Morgan fingerprint density at radius 3 is 2.70 bits per heavy atom. The number of nitrogens with zero attached hydrogens (tertiary/aromatic N) is 1. The average molecular weight is 275 g/mol. The molecule has 0 spiro atoms. The van der Waals surface area contributed by atoms with Crippen molar-refractivity contribution in [1.29, 1.82) is 0 Å². The number of pyridine rings is 1. The molecule has 20 heavy (non-hydrogen) atoms. The van der Waals surface area contributed by atoms with Crippen molar-refractivity contribution in [2.24, 2.45) is 11.8 Å². The highest BCUT2D eigenvalue weighted by Gasteiger charge is 2.27. The van der Waals surface area contributed by atoms with Crippen LogP contribution in [-0.2, 0) is 0 Å². The first kappa shape index (κ1) is 15.0. The predicted octanol–water partition coefficient (Wildman–Crippen LogP) is 4.27. The molecule has 110 valence electrons. The number of carbonyl (C=O) groups is 1. The second-order valence-electron chi connectivity index (χ2n) is 5.84. The van der Waals surface area contributed by atoms with Crippen LogP contribution in [0.2, 0.25) is 0 Å². The standard InChI is InChI=1S/C17H25NO2/c1-3-4-5-13-6-8-14(9-7-13)17(19)15-10-16(20-2)12-18-11-15/h10-14H,3-9H2,1-2H3. The van der Waals surface area contributed by atoms with Crippen LogP contribution in [0.3, 0.4) is 0 Å². The summed E-state index contributed by atoms with van der Waals surface area (Å²) in [6.07, 6.45) is 11.7. The van der Waals surface area contributed by atoms with Gasteiger partial charge in [-0.25, -0.2) is 0 Å². The van der Waals surface area contributed by atoms with Crippen molar-refractivity contribution in [3.05, 3.63) is 24.0 Å². The van der Waals surface area contributed by atoms with Crippen molar-refractivity contribution in [3.63, 3.8) is 0 Å². The first-order valence-corrected chi connectivity index (χ1v) is 7.77. The SMILES string of the molecule is CCCCC1CCC(C(=O)c2cncc(OC)c2)CC1. The van der Waals surface area contributed by atoms with Gasteiger partial charge in [-0.3, -0.25) is 9.78 Å². The summed E-state index contributed by atoms with van der Waals surface area (Å²) in [7, 11) is 1.60. The fraction of sp³-hybridized carbons (Fsp3) is 0.647. The number of ketones is 1. The van der Waals surface area contributed by atoms with Crippen molar-refractivity contribution in [1.82, 2.24) is 4.98 Å². The van der Waals surface area contributed by atoms with Crippen LogP contribution in [-0.4, -0.2) is 17.9 Å². The van der Waals surface area contributed by atoms with Gasteiger partial charge in [0.25, 0.3) is 0 Å². The van der Waals surface area contributed by atoms with E-state index >= 15 is 0 Å². The highest BCUT2D eigenvalue weighted by Crippen LogP contribution is 2.33. The predicted molar refractivity (Wildman–Crippen MR) is 80.1 cm³/mol. The number of aromatic nitrogens is 1. The van der Waals surface area contributed by atoms with E-state index < -0.39 is 0 Å². The van der Waals surface area contributed by atoms with Crippen LogP contribution >= 0.6 is 0 Å². The molecule has 3 heteroatoms. The molecule has 1 aromatic rings. The van der Waals surface area contributed by atoms with Crippen LogP contribution in [0.5, 0.6) is 5.75 Å². The Morgan fingerprint density at radius 2 is 2.05 bits per heavy atom. The van der Waals surface area contributed by atoms with E-state index in [2.05, 4.69) is 11.9 Å². The molecule has 3 nitrogen and oxygen atoms in total. The minimum atomic E-state index is 0.182. The van der Waals surface area contributed by atoms with E-state index in [0.717, 1.165) is 18.8 Å². The fourth-order valence-corrected chi connectivity index (χ4v) is 3.11. The highest BCUT2D eigenvalue weighted by molar-refractivity contribution is 5.97. The van der Waals surface area contributed by atoms with Crippen LogP contribution < -0.4 is 4.74 Å². The Bertz CT molecular complexity index is 436. The Morgan fingerprint density at radius 1 is 1.30 bits per heavy atom. The minimum Gasteiger partial charge on any atom is -0.495 e. The molecule has 0 aromatic carbocycles. The van der Waals surface area contributed by atoms with E-state index in [-0.39, 0.29) is 11.7 Å². The van der Waals surface area contributed by atoms with Gasteiger partial charge in [-0.05, 0) is 37.7 Å². The molecule has 0 saturated heterocycles. The van der Waals surface area contributed by atoms with Gasteiger partial charge < -0.3 is 4.74 Å². The summed E-state index contributed by atoms with van der Waals surface area (Å²) in [5.74, 6) is 1.92. The van der Waals surface area contributed by atoms with Crippen molar-refractivity contribution in [2.45, 2.75) is 51.9 Å². The van der Waals surface area contributed by atoms with E-state index in [1.807, 2.05) is 0 Å². The molecular weight excluding hydrogens is 250 g/mol. The lowest BCUT2D eigenvalue weighted by Crippen LogP contribution is -2.22. The molecule has 0 amide bonds. The zero-order valence-electron chi connectivity index (χ0n) is 12.6. The average Bonchev–Trinajstić information content (AvgIpc) is 2.52. The maximum Gasteiger partial charge on any atom is 0.167 e. The third-order valence-electron chi connectivity index (χ3n) is 4.42. The molecule has 1 heterocycles. The molecular formula is C17H25NO2. The Hall–Kier alpha value is -1.38. The van der Waals surface area contributed by atoms with Gasteiger partial charge in [0.15, 0.2) is 5.78 Å². The van der Waals surface area contributed by atoms with Gasteiger partial charge in [-0.15, -0.1) is 0 Å². The first-order valence-electron chi connectivity index (χ1n) is 7.77. The summed E-state index contributed by atoms with van der Waals surface area (Å²) in [4.78, 5) is 16.6. The molecule has 0 unspecified atom stereocenters. The number of hydrogen-bond acceptors (Lipinski definition) is 3. The van der Waals surface area contributed by atoms with E-state index in [4.69, 9.17) is 4.74 Å². The third kappa shape index (κ3) is 3.81. The summed E-state index contributed by atoms with van der Waals surface area (Å²) in [6, 6.07) is 1.80. The van der Waals surface area contributed by atoms with Crippen LogP contribution in [0, 0.1) is 11.8 Å². The number of hydrogen-bond donors (Lipinski definition) is 0. The van der Waals surface area contributed by atoms with Gasteiger partial charge in [0, 0.05) is 17.7 Å². The van der Waals surface area contributed by atoms with Gasteiger partial charge >= 0.3 is 0 Å². The molecule has 1 fully saturated rings. The Labute approximate surface area is 121 Å². The summed E-state index contributed by atoms with van der Waals surface area (Å²) in [6.45, 7) is 2.24. The van der Waals surface area contributed by atoms with Crippen LogP contribution in [0.1, 0.15) is 62.2 Å². The molecule has 0 aliphatic heterocycles. The second kappa shape index (κ2) is 7.41. The molecule has 0 radical (unpaired) electrons. The monoisotopic (exact) mass is 275 g/mol. The second-order valence-corrected chi connectivity index (χ2v) is 5.84. The fourth-order valence-electron chi connectivity index (χ4n) is 3.11. The number of Topliss-reactive ketones (excluding diaryl/α,β-unsaturated/α-hetero) is 1. The molecule has 0 bridgehead atoms. The smallest absolute Gasteiger partial charge is 0.167 e. The summed E-state index contributed by atoms with van der Waals surface area (Å²) < 4.78 is 5.14. The van der Waals surface area contributed by atoms with Crippen molar-refractivity contribution in [2.75, 3.05) is 7.11 Å². The number of unbranched alkanes of at least 4 members (excludes halogenated alkanes) is 1. The van der Waals surface area contributed by atoms with E-state index in [1.54, 1.807) is 25.6 Å². The zero-order valence-corrected chi connectivity index (χ0v) is 12.6. The molecule has 1 aliphatic rings. The molecule has 2 rings (SSSR count). The van der Waals surface area contributed by atoms with Gasteiger partial charge in [0.1, 0.15) is 5.75 Å². The normalized spacial score (nSPS) is 22.5. The first-order chi connectivity index (χ1) is 9.74. The van der Waals surface area contributed by atoms with Crippen LogP contribution in [0.15, 0.2) is 18.5 Å². The van der Waals surface area contributed by atoms with Gasteiger partial charge in [0.05, 0.1) is 13.3 Å². The van der Waals surface area contributed by atoms with Crippen LogP contribution in [0.25, 0.3) is 0 Å². The van der Waals surface area contributed by atoms with Gasteiger partial charge in [-0.2, -0.15) is 0 Å². The van der Waals surface area contributed by atoms with E-state index in [9.17, 15) is 4.79 Å².